The third kappa shape index (κ3) is 3.22. The lowest BCUT2D eigenvalue weighted by molar-refractivity contribution is 0.0689. The molecule has 152 valence electrons. The summed E-state index contributed by atoms with van der Waals surface area (Å²) in [6, 6.07) is 13.3. The van der Waals surface area contributed by atoms with E-state index in [4.69, 9.17) is 4.74 Å². The number of aromatic carboxylic acids is 1. The van der Waals surface area contributed by atoms with Crippen LogP contribution in [0.1, 0.15) is 43.7 Å². The van der Waals surface area contributed by atoms with E-state index in [2.05, 4.69) is 5.10 Å². The summed E-state index contributed by atoms with van der Waals surface area (Å²) < 4.78 is 6.59. The number of fused-ring (bicyclic) bond motifs is 1. The minimum atomic E-state index is -1.20. The van der Waals surface area contributed by atoms with E-state index in [9.17, 15) is 19.5 Å². The molecule has 0 bridgehead atoms. The Kier molecular flexibility index (Phi) is 4.83. The number of carbonyl (C=O) groups excluding carboxylic acids is 2. The summed E-state index contributed by atoms with van der Waals surface area (Å²) in [5.41, 5.74) is 1.48. The number of benzene rings is 2. The first kappa shape index (κ1) is 19.4. The molecule has 0 spiro atoms. The lowest BCUT2D eigenvalue weighted by Crippen LogP contribution is -2.47. The number of ketones is 1. The van der Waals surface area contributed by atoms with Crippen LogP contribution in [0.3, 0.4) is 0 Å². The van der Waals surface area contributed by atoms with E-state index in [0.29, 0.717) is 29.1 Å². The average molecular weight is 405 g/mol. The first-order valence-electron chi connectivity index (χ1n) is 9.32. The molecular weight excluding hydrogens is 386 g/mol. The van der Waals surface area contributed by atoms with Crippen LogP contribution in [-0.4, -0.2) is 45.7 Å². The molecule has 1 aliphatic heterocycles. The Bertz CT molecular complexity index is 1150. The van der Waals surface area contributed by atoms with E-state index in [1.807, 2.05) is 6.92 Å². The fourth-order valence-electron chi connectivity index (χ4n) is 3.63. The Balaban J connectivity index is 1.63. The molecule has 0 saturated carbocycles. The summed E-state index contributed by atoms with van der Waals surface area (Å²) in [6.45, 7) is 2.23. The van der Waals surface area contributed by atoms with Crippen LogP contribution >= 0.6 is 0 Å². The van der Waals surface area contributed by atoms with Gasteiger partial charge >= 0.3 is 5.97 Å². The molecule has 8 heteroatoms. The van der Waals surface area contributed by atoms with Crippen molar-refractivity contribution >= 4 is 23.3 Å². The number of rotatable bonds is 5. The van der Waals surface area contributed by atoms with Crippen LogP contribution in [0, 0.1) is 0 Å². The molecular formula is C22H19N3O5. The fourth-order valence-corrected chi connectivity index (χ4v) is 3.63. The number of methoxy groups -OCH3 is 1. The normalized spacial score (nSPS) is 15.6. The number of anilines is 1. The molecule has 1 aromatic heterocycles. The summed E-state index contributed by atoms with van der Waals surface area (Å²) >= 11 is 0. The van der Waals surface area contributed by atoms with Crippen LogP contribution in [-0.2, 0) is 6.54 Å². The second kappa shape index (κ2) is 7.47. The molecule has 1 N–H and O–H groups in total. The Hall–Kier alpha value is -3.94. The minimum Gasteiger partial charge on any atom is -0.497 e. The largest absolute Gasteiger partial charge is 0.497 e. The van der Waals surface area contributed by atoms with E-state index in [0.717, 1.165) is 0 Å². The van der Waals surface area contributed by atoms with Crippen molar-refractivity contribution in [2.45, 2.75) is 19.5 Å². The van der Waals surface area contributed by atoms with Crippen LogP contribution in [0.25, 0.3) is 0 Å². The highest BCUT2D eigenvalue weighted by Gasteiger charge is 2.35. The van der Waals surface area contributed by atoms with Crippen molar-refractivity contribution in [1.82, 2.24) is 9.78 Å². The van der Waals surface area contributed by atoms with Gasteiger partial charge in [-0.3, -0.25) is 14.3 Å². The van der Waals surface area contributed by atoms with Crippen molar-refractivity contribution in [1.29, 1.82) is 0 Å². The molecule has 2 heterocycles. The first-order valence-corrected chi connectivity index (χ1v) is 9.32. The SMILES string of the molecule is COc1cccc(C(=O)c2ccc(N3C(=O)c4c(C(=O)O)cnn4C[C@@H]3C)cc2)c1. The molecule has 2 aromatic carbocycles. The second-order valence-electron chi connectivity index (χ2n) is 7.03. The van der Waals surface area contributed by atoms with Crippen molar-refractivity contribution in [3.63, 3.8) is 0 Å². The van der Waals surface area contributed by atoms with E-state index in [1.165, 1.54) is 22.9 Å². The molecule has 8 nitrogen and oxygen atoms in total. The summed E-state index contributed by atoms with van der Waals surface area (Å²) in [4.78, 5) is 38.8. The van der Waals surface area contributed by atoms with Gasteiger partial charge in [0.05, 0.1) is 25.9 Å². The Morgan fingerprint density at radius 3 is 2.53 bits per heavy atom. The number of aromatic nitrogens is 2. The maximum absolute atomic E-state index is 13.0. The number of nitrogens with zero attached hydrogens (tertiary/aromatic N) is 3. The van der Waals surface area contributed by atoms with Crippen LogP contribution in [0.4, 0.5) is 5.69 Å². The van der Waals surface area contributed by atoms with Gasteiger partial charge in [0, 0.05) is 16.8 Å². The van der Waals surface area contributed by atoms with E-state index in [-0.39, 0.29) is 23.1 Å². The van der Waals surface area contributed by atoms with Crippen molar-refractivity contribution in [3.05, 3.63) is 77.1 Å². The summed E-state index contributed by atoms with van der Waals surface area (Å²) in [5, 5.41) is 13.4. The molecule has 0 saturated heterocycles. The Morgan fingerprint density at radius 2 is 1.87 bits per heavy atom. The zero-order valence-electron chi connectivity index (χ0n) is 16.4. The van der Waals surface area contributed by atoms with Crippen LogP contribution in [0.2, 0.25) is 0 Å². The van der Waals surface area contributed by atoms with Gasteiger partial charge in [0.1, 0.15) is 17.0 Å². The summed E-state index contributed by atoms with van der Waals surface area (Å²) in [6.07, 6.45) is 1.20. The molecule has 1 atom stereocenters. The lowest BCUT2D eigenvalue weighted by Gasteiger charge is -2.34. The van der Waals surface area contributed by atoms with Crippen LogP contribution < -0.4 is 9.64 Å². The lowest BCUT2D eigenvalue weighted by atomic mass is 10.0. The zero-order chi connectivity index (χ0) is 21.4. The van der Waals surface area contributed by atoms with E-state index < -0.39 is 11.9 Å². The van der Waals surface area contributed by atoms with Gasteiger partial charge in [-0.25, -0.2) is 4.79 Å². The highest BCUT2D eigenvalue weighted by molar-refractivity contribution is 6.12. The average Bonchev–Trinajstić information content (AvgIpc) is 3.18. The van der Waals surface area contributed by atoms with Gasteiger partial charge in [-0.15, -0.1) is 0 Å². The van der Waals surface area contributed by atoms with Gasteiger partial charge < -0.3 is 14.7 Å². The van der Waals surface area contributed by atoms with E-state index in [1.54, 1.807) is 48.5 Å². The van der Waals surface area contributed by atoms with Gasteiger partial charge in [-0.1, -0.05) is 12.1 Å². The molecule has 0 radical (unpaired) electrons. The predicted molar refractivity (Wildman–Crippen MR) is 108 cm³/mol. The number of carbonyl (C=O) groups is 3. The van der Waals surface area contributed by atoms with Gasteiger partial charge in [-0.05, 0) is 43.3 Å². The first-order chi connectivity index (χ1) is 14.4. The van der Waals surface area contributed by atoms with E-state index >= 15 is 0 Å². The zero-order valence-corrected chi connectivity index (χ0v) is 16.4. The van der Waals surface area contributed by atoms with Gasteiger partial charge in [0.2, 0.25) is 0 Å². The molecule has 0 aliphatic carbocycles. The van der Waals surface area contributed by atoms with Crippen LogP contribution in [0.5, 0.6) is 5.75 Å². The third-order valence-electron chi connectivity index (χ3n) is 5.11. The smallest absolute Gasteiger partial charge is 0.339 e. The van der Waals surface area contributed by atoms with Crippen molar-refractivity contribution < 1.29 is 24.2 Å². The number of carboxylic acid groups (broad SMARTS) is 1. The summed E-state index contributed by atoms with van der Waals surface area (Å²) in [5.74, 6) is -1.20. The molecule has 30 heavy (non-hydrogen) atoms. The molecule has 0 fully saturated rings. The highest BCUT2D eigenvalue weighted by Crippen LogP contribution is 2.27. The standard InChI is InChI=1S/C22H19N3O5/c1-13-12-24-19(18(11-23-24)22(28)29)21(27)25(13)16-8-6-14(7-9-16)20(26)15-4-3-5-17(10-15)30-2/h3-11,13H,12H2,1-2H3,(H,28,29)/t13-/m0/s1. The Labute approximate surface area is 172 Å². The fraction of sp³-hybridized carbons (Fsp3) is 0.182. The maximum Gasteiger partial charge on any atom is 0.339 e. The van der Waals surface area contributed by atoms with Crippen molar-refractivity contribution in [3.8, 4) is 5.75 Å². The maximum atomic E-state index is 13.0. The number of hydrogen-bond acceptors (Lipinski definition) is 5. The molecule has 3 aromatic rings. The van der Waals surface area contributed by atoms with Gasteiger partial charge in [0.25, 0.3) is 5.91 Å². The van der Waals surface area contributed by atoms with Gasteiger partial charge in [0.15, 0.2) is 5.78 Å². The number of amides is 1. The summed E-state index contributed by atoms with van der Waals surface area (Å²) in [7, 11) is 1.54. The second-order valence-corrected chi connectivity index (χ2v) is 7.03. The number of carboxylic acids is 1. The number of ether oxygens (including phenoxy) is 1. The molecule has 1 aliphatic rings. The van der Waals surface area contributed by atoms with Crippen molar-refractivity contribution in [2.24, 2.45) is 0 Å². The Morgan fingerprint density at radius 1 is 1.13 bits per heavy atom. The monoisotopic (exact) mass is 405 g/mol. The predicted octanol–water partition coefficient (Wildman–Crippen LogP) is 2.87. The molecule has 4 rings (SSSR count). The minimum absolute atomic E-state index is 0.0529. The third-order valence-corrected chi connectivity index (χ3v) is 5.11. The topological polar surface area (TPSA) is 102 Å². The molecule has 1 amide bonds. The van der Waals surface area contributed by atoms with Crippen molar-refractivity contribution in [2.75, 3.05) is 12.0 Å². The number of hydrogen-bond donors (Lipinski definition) is 1. The quantitative estimate of drug-likeness (QED) is 0.655. The molecule has 0 unspecified atom stereocenters. The van der Waals surface area contributed by atoms with Crippen LogP contribution in [0.15, 0.2) is 54.7 Å². The highest BCUT2D eigenvalue weighted by atomic mass is 16.5. The van der Waals surface area contributed by atoms with Gasteiger partial charge in [-0.2, -0.15) is 5.10 Å².